The molecule has 1 aliphatic rings. The molecule has 1 heterocycles. The highest BCUT2D eigenvalue weighted by atomic mass is 35.5. The molecular formula is C14H19ClN2O3. The van der Waals surface area contributed by atoms with Gasteiger partial charge in [0.05, 0.1) is 11.0 Å². The molecule has 1 saturated heterocycles. The molecule has 5 nitrogen and oxygen atoms in total. The Balaban J connectivity index is 2.04. The van der Waals surface area contributed by atoms with E-state index in [1.165, 1.54) is 6.07 Å². The van der Waals surface area contributed by atoms with Crippen LogP contribution in [0.15, 0.2) is 18.2 Å². The second-order valence-electron chi connectivity index (χ2n) is 5.38. The third-order valence-corrected chi connectivity index (χ3v) is 4.18. The van der Waals surface area contributed by atoms with E-state index in [0.717, 1.165) is 25.9 Å². The first-order chi connectivity index (χ1) is 9.47. The van der Waals surface area contributed by atoms with E-state index in [-0.39, 0.29) is 16.7 Å². The molecule has 1 atom stereocenters. The summed E-state index contributed by atoms with van der Waals surface area (Å²) in [5, 5.41) is 21.1. The molecule has 0 amide bonds. The molecule has 0 saturated carbocycles. The zero-order chi connectivity index (χ0) is 14.7. The first-order valence-electron chi connectivity index (χ1n) is 6.80. The van der Waals surface area contributed by atoms with Crippen molar-refractivity contribution in [1.29, 1.82) is 0 Å². The summed E-state index contributed by atoms with van der Waals surface area (Å²) in [6.45, 7) is 4.05. The molecule has 0 radical (unpaired) electrons. The smallest absolute Gasteiger partial charge is 0.273 e. The molecule has 1 aromatic rings. The van der Waals surface area contributed by atoms with E-state index in [9.17, 15) is 15.2 Å². The third-order valence-electron chi connectivity index (χ3n) is 3.95. The summed E-state index contributed by atoms with van der Waals surface area (Å²) in [7, 11) is 0. The zero-order valence-electron chi connectivity index (χ0n) is 11.5. The molecular weight excluding hydrogens is 280 g/mol. The van der Waals surface area contributed by atoms with Crippen LogP contribution in [0.2, 0.25) is 5.02 Å². The standard InChI is InChI=1S/C14H19ClN2O3/c1-10(18)11-4-6-16(7-5-11)9-12-8-13(15)2-3-14(12)17(19)20/h2-3,8,10-11,18H,4-7,9H2,1H3. The van der Waals surface area contributed by atoms with Gasteiger partial charge in [-0.25, -0.2) is 0 Å². The fourth-order valence-electron chi connectivity index (χ4n) is 2.69. The van der Waals surface area contributed by atoms with Gasteiger partial charge >= 0.3 is 0 Å². The summed E-state index contributed by atoms with van der Waals surface area (Å²) in [5.74, 6) is 0.334. The van der Waals surface area contributed by atoms with Crippen molar-refractivity contribution in [2.75, 3.05) is 13.1 Å². The highest BCUT2D eigenvalue weighted by Gasteiger charge is 2.24. The number of rotatable bonds is 4. The number of nitro groups is 1. The Morgan fingerprint density at radius 3 is 2.70 bits per heavy atom. The SMILES string of the molecule is CC(O)C1CCN(Cc2cc(Cl)ccc2[N+](=O)[O-])CC1. The van der Waals surface area contributed by atoms with Gasteiger partial charge in [0, 0.05) is 23.2 Å². The Kier molecular flexibility index (Phi) is 4.96. The lowest BCUT2D eigenvalue weighted by atomic mass is 9.92. The van der Waals surface area contributed by atoms with Crippen molar-refractivity contribution in [1.82, 2.24) is 4.90 Å². The fourth-order valence-corrected chi connectivity index (χ4v) is 2.89. The number of halogens is 1. The maximum Gasteiger partial charge on any atom is 0.273 e. The van der Waals surface area contributed by atoms with E-state index in [0.29, 0.717) is 23.0 Å². The van der Waals surface area contributed by atoms with Gasteiger partial charge in [0.2, 0.25) is 0 Å². The molecule has 20 heavy (non-hydrogen) atoms. The van der Waals surface area contributed by atoms with Crippen molar-refractivity contribution in [2.45, 2.75) is 32.4 Å². The molecule has 1 aliphatic heterocycles. The summed E-state index contributed by atoms with van der Waals surface area (Å²) in [4.78, 5) is 12.8. The monoisotopic (exact) mass is 298 g/mol. The Labute approximate surface area is 123 Å². The van der Waals surface area contributed by atoms with Crippen LogP contribution in [0.5, 0.6) is 0 Å². The van der Waals surface area contributed by atoms with Crippen molar-refractivity contribution in [3.05, 3.63) is 38.9 Å². The summed E-state index contributed by atoms with van der Waals surface area (Å²) in [6.07, 6.45) is 1.57. The summed E-state index contributed by atoms with van der Waals surface area (Å²) in [5.41, 5.74) is 0.769. The number of nitro benzene ring substituents is 1. The topological polar surface area (TPSA) is 66.6 Å². The van der Waals surface area contributed by atoms with Crippen molar-refractivity contribution in [2.24, 2.45) is 5.92 Å². The van der Waals surface area contributed by atoms with Gasteiger partial charge in [-0.1, -0.05) is 11.6 Å². The van der Waals surface area contributed by atoms with Crippen LogP contribution >= 0.6 is 11.6 Å². The zero-order valence-corrected chi connectivity index (χ0v) is 12.2. The molecule has 1 N–H and O–H groups in total. The van der Waals surface area contributed by atoms with Crippen LogP contribution in [0, 0.1) is 16.0 Å². The lowest BCUT2D eigenvalue weighted by Crippen LogP contribution is -2.36. The number of piperidine rings is 1. The molecule has 6 heteroatoms. The number of hydrogen-bond donors (Lipinski definition) is 1. The van der Waals surface area contributed by atoms with Crippen LogP contribution in [-0.4, -0.2) is 34.1 Å². The molecule has 1 fully saturated rings. The number of hydrogen-bond acceptors (Lipinski definition) is 4. The molecule has 1 aromatic carbocycles. The van der Waals surface area contributed by atoms with Gasteiger partial charge in [0.1, 0.15) is 0 Å². The average Bonchev–Trinajstić information content (AvgIpc) is 2.39. The van der Waals surface area contributed by atoms with E-state index < -0.39 is 0 Å². The maximum atomic E-state index is 11.0. The predicted molar refractivity (Wildman–Crippen MR) is 77.8 cm³/mol. The second kappa shape index (κ2) is 6.52. The summed E-state index contributed by atoms with van der Waals surface area (Å²) >= 11 is 5.93. The quantitative estimate of drug-likeness (QED) is 0.685. The Morgan fingerprint density at radius 2 is 2.15 bits per heavy atom. The van der Waals surface area contributed by atoms with Crippen LogP contribution in [0.4, 0.5) is 5.69 Å². The Hall–Kier alpha value is -1.17. The van der Waals surface area contributed by atoms with Crippen molar-refractivity contribution in [3.63, 3.8) is 0 Å². The van der Waals surface area contributed by atoms with Gasteiger partial charge in [-0.3, -0.25) is 15.0 Å². The van der Waals surface area contributed by atoms with Gasteiger partial charge in [0.25, 0.3) is 5.69 Å². The molecule has 2 rings (SSSR count). The van der Waals surface area contributed by atoms with Gasteiger partial charge in [-0.2, -0.15) is 0 Å². The molecule has 1 unspecified atom stereocenters. The van der Waals surface area contributed by atoms with E-state index in [1.54, 1.807) is 12.1 Å². The van der Waals surface area contributed by atoms with E-state index in [1.807, 2.05) is 6.92 Å². The average molecular weight is 299 g/mol. The maximum absolute atomic E-state index is 11.0. The van der Waals surface area contributed by atoms with Crippen LogP contribution in [0.3, 0.4) is 0 Å². The molecule has 0 bridgehead atoms. The molecule has 0 aliphatic carbocycles. The van der Waals surface area contributed by atoms with Gasteiger partial charge in [-0.15, -0.1) is 0 Å². The molecule has 0 spiro atoms. The number of nitrogens with zero attached hydrogens (tertiary/aromatic N) is 2. The van der Waals surface area contributed by atoms with E-state index in [2.05, 4.69) is 4.90 Å². The first kappa shape index (κ1) is 15.2. The summed E-state index contributed by atoms with van der Waals surface area (Å²) in [6, 6.07) is 4.67. The predicted octanol–water partition coefficient (Wildman–Crippen LogP) is 2.84. The Morgan fingerprint density at radius 1 is 1.50 bits per heavy atom. The fraction of sp³-hybridized carbons (Fsp3) is 0.571. The lowest BCUT2D eigenvalue weighted by Gasteiger charge is -2.33. The van der Waals surface area contributed by atoms with Gasteiger partial charge < -0.3 is 5.11 Å². The number of aliphatic hydroxyl groups excluding tert-OH is 1. The van der Waals surface area contributed by atoms with Crippen molar-refractivity contribution in [3.8, 4) is 0 Å². The number of benzene rings is 1. The minimum atomic E-state index is -0.367. The largest absolute Gasteiger partial charge is 0.393 e. The molecule has 0 aromatic heterocycles. The molecule has 110 valence electrons. The van der Waals surface area contributed by atoms with Crippen LogP contribution < -0.4 is 0 Å². The van der Waals surface area contributed by atoms with Crippen molar-refractivity contribution >= 4 is 17.3 Å². The lowest BCUT2D eigenvalue weighted by molar-refractivity contribution is -0.385. The second-order valence-corrected chi connectivity index (χ2v) is 5.82. The minimum absolute atomic E-state index is 0.118. The highest BCUT2D eigenvalue weighted by molar-refractivity contribution is 6.30. The van der Waals surface area contributed by atoms with Gasteiger partial charge in [-0.05, 0) is 50.9 Å². The van der Waals surface area contributed by atoms with Crippen LogP contribution in [0.25, 0.3) is 0 Å². The Bertz CT molecular complexity index is 485. The summed E-state index contributed by atoms with van der Waals surface area (Å²) < 4.78 is 0. The van der Waals surface area contributed by atoms with Gasteiger partial charge in [0.15, 0.2) is 0 Å². The highest BCUT2D eigenvalue weighted by Crippen LogP contribution is 2.27. The van der Waals surface area contributed by atoms with E-state index >= 15 is 0 Å². The van der Waals surface area contributed by atoms with Crippen LogP contribution in [0.1, 0.15) is 25.3 Å². The number of likely N-dealkylation sites (tertiary alicyclic amines) is 1. The normalized spacial score (nSPS) is 18.9. The first-order valence-corrected chi connectivity index (χ1v) is 7.18. The van der Waals surface area contributed by atoms with Crippen molar-refractivity contribution < 1.29 is 10.0 Å². The minimum Gasteiger partial charge on any atom is -0.393 e. The number of aliphatic hydroxyl groups is 1. The third kappa shape index (κ3) is 3.69. The van der Waals surface area contributed by atoms with E-state index in [4.69, 9.17) is 11.6 Å². The van der Waals surface area contributed by atoms with Crippen LogP contribution in [-0.2, 0) is 6.54 Å².